The number of carbonyl (C=O) groups excluding carboxylic acids is 1. The van der Waals surface area contributed by atoms with Gasteiger partial charge in [0, 0.05) is 18.8 Å². The van der Waals surface area contributed by atoms with Crippen molar-refractivity contribution >= 4 is 11.9 Å². The summed E-state index contributed by atoms with van der Waals surface area (Å²) < 4.78 is 30.7. The summed E-state index contributed by atoms with van der Waals surface area (Å²) in [6.45, 7) is 2.52. The molecule has 3 N–H and O–H groups in total. The van der Waals surface area contributed by atoms with Gasteiger partial charge in [0.25, 0.3) is 0 Å². The van der Waals surface area contributed by atoms with E-state index in [1.165, 1.54) is 12.1 Å². The molecule has 1 fully saturated rings. The Balaban J connectivity index is 1.45. The Hall–Kier alpha value is -4.09. The minimum absolute atomic E-state index is 0.160. The first kappa shape index (κ1) is 23.6. The van der Waals surface area contributed by atoms with E-state index in [0.717, 1.165) is 5.76 Å². The molecule has 0 unspecified atom stereocenters. The zero-order valence-corrected chi connectivity index (χ0v) is 19.7. The number of halogens is 1. The van der Waals surface area contributed by atoms with Gasteiger partial charge in [0.2, 0.25) is 18.1 Å². The quantitative estimate of drug-likeness (QED) is 0.357. The van der Waals surface area contributed by atoms with Gasteiger partial charge in [0.1, 0.15) is 11.6 Å². The van der Waals surface area contributed by atoms with E-state index in [1.807, 2.05) is 12.1 Å². The SMILES string of the molecule is CNC(=O)C1(C)COC(c2nc(-c3ccc(F)cc3)c(-c3ccnc(NCc4ccco4)n3)[nH]2)OC1. The Morgan fingerprint density at radius 2 is 1.94 bits per heavy atom. The van der Waals surface area contributed by atoms with E-state index in [4.69, 9.17) is 18.9 Å². The van der Waals surface area contributed by atoms with Gasteiger partial charge in [-0.25, -0.2) is 19.3 Å². The first-order chi connectivity index (χ1) is 17.4. The minimum atomic E-state index is -0.811. The van der Waals surface area contributed by atoms with Crippen LogP contribution in [0.5, 0.6) is 0 Å². The molecule has 36 heavy (non-hydrogen) atoms. The van der Waals surface area contributed by atoms with Crippen molar-refractivity contribution in [3.63, 3.8) is 0 Å². The number of nitrogens with zero attached hydrogens (tertiary/aromatic N) is 3. The summed E-state index contributed by atoms with van der Waals surface area (Å²) in [6.07, 6.45) is 2.42. The Morgan fingerprint density at radius 1 is 1.17 bits per heavy atom. The lowest BCUT2D eigenvalue weighted by atomic mass is 9.91. The average molecular weight is 493 g/mol. The van der Waals surface area contributed by atoms with Crippen LogP contribution in [0.2, 0.25) is 0 Å². The molecule has 0 saturated carbocycles. The van der Waals surface area contributed by atoms with E-state index in [-0.39, 0.29) is 24.9 Å². The maximum absolute atomic E-state index is 13.6. The maximum atomic E-state index is 13.6. The molecule has 3 aromatic heterocycles. The van der Waals surface area contributed by atoms with Gasteiger partial charge in [0.15, 0.2) is 5.82 Å². The standard InChI is InChI=1S/C25H25FN6O4/c1-25(23(33)27-2)13-35-22(36-14-25)21-31-19(15-5-7-16(26)8-6-15)20(32-21)18-9-10-28-24(30-18)29-12-17-4-3-11-34-17/h3-11,22H,12-14H2,1-2H3,(H,27,33)(H,31,32)(H,28,29,30). The molecular formula is C25H25FN6O4. The fourth-order valence-corrected chi connectivity index (χ4v) is 3.87. The number of rotatable bonds is 7. The second-order valence-corrected chi connectivity index (χ2v) is 8.64. The molecule has 1 amide bonds. The van der Waals surface area contributed by atoms with Gasteiger partial charge in [-0.15, -0.1) is 0 Å². The Morgan fingerprint density at radius 3 is 2.64 bits per heavy atom. The van der Waals surface area contributed by atoms with Crippen LogP contribution in [-0.4, -0.2) is 46.1 Å². The predicted molar refractivity (Wildman–Crippen MR) is 128 cm³/mol. The van der Waals surface area contributed by atoms with Crippen LogP contribution in [0.1, 0.15) is 24.8 Å². The molecule has 0 bridgehead atoms. The third-order valence-corrected chi connectivity index (χ3v) is 5.86. The number of benzene rings is 1. The Labute approximate surface area is 206 Å². The molecule has 1 aromatic carbocycles. The number of carbonyl (C=O) groups is 1. The number of furan rings is 1. The molecule has 1 aliphatic heterocycles. The highest BCUT2D eigenvalue weighted by Crippen LogP contribution is 2.35. The van der Waals surface area contributed by atoms with E-state index in [1.54, 1.807) is 44.6 Å². The number of H-pyrrole nitrogens is 1. The molecule has 0 radical (unpaired) electrons. The van der Waals surface area contributed by atoms with Crippen molar-refractivity contribution in [3.05, 3.63) is 72.3 Å². The first-order valence-electron chi connectivity index (χ1n) is 11.4. The van der Waals surface area contributed by atoms with Crippen LogP contribution >= 0.6 is 0 Å². The Bertz CT molecular complexity index is 1330. The lowest BCUT2D eigenvalue weighted by Gasteiger charge is -2.34. The normalized spacial score (nSPS) is 19.7. The predicted octanol–water partition coefficient (Wildman–Crippen LogP) is 3.68. The van der Waals surface area contributed by atoms with Gasteiger partial charge < -0.3 is 29.5 Å². The monoisotopic (exact) mass is 492 g/mol. The topological polar surface area (TPSA) is 127 Å². The van der Waals surface area contributed by atoms with Crippen LogP contribution < -0.4 is 10.6 Å². The number of imidazole rings is 1. The fraction of sp³-hybridized carbons (Fsp3) is 0.280. The molecule has 0 aliphatic carbocycles. The van der Waals surface area contributed by atoms with Crippen molar-refractivity contribution in [2.24, 2.45) is 5.41 Å². The van der Waals surface area contributed by atoms with Gasteiger partial charge in [-0.05, 0) is 49.4 Å². The fourth-order valence-electron chi connectivity index (χ4n) is 3.87. The van der Waals surface area contributed by atoms with Gasteiger partial charge in [-0.2, -0.15) is 0 Å². The van der Waals surface area contributed by atoms with E-state index < -0.39 is 11.7 Å². The van der Waals surface area contributed by atoms with Crippen molar-refractivity contribution in [2.45, 2.75) is 19.8 Å². The second-order valence-electron chi connectivity index (χ2n) is 8.64. The number of anilines is 1. The highest BCUT2D eigenvalue weighted by Gasteiger charge is 2.40. The summed E-state index contributed by atoms with van der Waals surface area (Å²) in [6, 6.07) is 11.4. The van der Waals surface area contributed by atoms with Gasteiger partial charge in [-0.3, -0.25) is 4.79 Å². The van der Waals surface area contributed by atoms with Gasteiger partial charge in [-0.1, -0.05) is 0 Å². The number of amides is 1. The van der Waals surface area contributed by atoms with E-state index in [9.17, 15) is 9.18 Å². The summed E-state index contributed by atoms with van der Waals surface area (Å²) in [7, 11) is 1.58. The molecule has 5 rings (SSSR count). The van der Waals surface area contributed by atoms with E-state index in [0.29, 0.717) is 41.0 Å². The average Bonchev–Trinajstić information content (AvgIpc) is 3.59. The third kappa shape index (κ3) is 4.83. The number of hydrogen-bond donors (Lipinski definition) is 3. The molecule has 0 spiro atoms. The van der Waals surface area contributed by atoms with Gasteiger partial charge in [0.05, 0.1) is 48.5 Å². The second kappa shape index (κ2) is 9.88. The van der Waals surface area contributed by atoms with Crippen molar-refractivity contribution in [3.8, 4) is 22.6 Å². The number of hydrogen-bond acceptors (Lipinski definition) is 8. The van der Waals surface area contributed by atoms with Crippen molar-refractivity contribution < 1.29 is 23.1 Å². The molecule has 4 aromatic rings. The smallest absolute Gasteiger partial charge is 0.230 e. The van der Waals surface area contributed by atoms with Crippen molar-refractivity contribution in [1.82, 2.24) is 25.3 Å². The van der Waals surface area contributed by atoms with E-state index >= 15 is 0 Å². The summed E-state index contributed by atoms with van der Waals surface area (Å²) in [5.74, 6) is 1.04. The zero-order chi connectivity index (χ0) is 25.1. The highest BCUT2D eigenvalue weighted by atomic mass is 19.1. The summed E-state index contributed by atoms with van der Waals surface area (Å²) in [4.78, 5) is 29.1. The summed E-state index contributed by atoms with van der Waals surface area (Å²) in [5, 5.41) is 5.77. The van der Waals surface area contributed by atoms with Crippen LogP contribution in [-0.2, 0) is 20.8 Å². The number of aromatic amines is 1. The molecule has 1 saturated heterocycles. The Kier molecular flexibility index (Phi) is 6.49. The third-order valence-electron chi connectivity index (χ3n) is 5.86. The number of aromatic nitrogens is 4. The van der Waals surface area contributed by atoms with Crippen LogP contribution in [0, 0.1) is 11.2 Å². The maximum Gasteiger partial charge on any atom is 0.230 e. The first-order valence-corrected chi connectivity index (χ1v) is 11.4. The summed E-state index contributed by atoms with van der Waals surface area (Å²) in [5.41, 5.74) is 1.58. The van der Waals surface area contributed by atoms with Crippen LogP contribution in [0.4, 0.5) is 10.3 Å². The highest BCUT2D eigenvalue weighted by molar-refractivity contribution is 5.82. The largest absolute Gasteiger partial charge is 0.467 e. The zero-order valence-electron chi connectivity index (χ0n) is 19.7. The molecule has 10 nitrogen and oxygen atoms in total. The number of nitrogens with one attached hydrogen (secondary N) is 3. The molecular weight excluding hydrogens is 467 g/mol. The van der Waals surface area contributed by atoms with E-state index in [2.05, 4.69) is 25.6 Å². The molecule has 11 heteroatoms. The summed E-state index contributed by atoms with van der Waals surface area (Å²) >= 11 is 0. The van der Waals surface area contributed by atoms with Crippen LogP contribution in [0.25, 0.3) is 22.6 Å². The van der Waals surface area contributed by atoms with Gasteiger partial charge >= 0.3 is 0 Å². The molecule has 4 heterocycles. The van der Waals surface area contributed by atoms with Crippen LogP contribution in [0.15, 0.2) is 59.3 Å². The molecule has 1 aliphatic rings. The molecule has 0 atom stereocenters. The number of ether oxygens (including phenoxy) is 2. The van der Waals surface area contributed by atoms with Crippen LogP contribution in [0.3, 0.4) is 0 Å². The lowest BCUT2D eigenvalue weighted by Crippen LogP contribution is -2.47. The minimum Gasteiger partial charge on any atom is -0.467 e. The lowest BCUT2D eigenvalue weighted by molar-refractivity contribution is -0.230. The van der Waals surface area contributed by atoms with Crippen molar-refractivity contribution in [1.29, 1.82) is 0 Å². The van der Waals surface area contributed by atoms with Crippen molar-refractivity contribution in [2.75, 3.05) is 25.6 Å². The molecule has 186 valence electrons.